The van der Waals surface area contributed by atoms with E-state index in [9.17, 15) is 13.2 Å². The monoisotopic (exact) mass is 290 g/mol. The number of rotatable bonds is 4. The smallest absolute Gasteiger partial charge is 0.267 e. The van der Waals surface area contributed by atoms with Crippen LogP contribution in [0.25, 0.3) is 0 Å². The minimum Gasteiger partial charge on any atom is -0.351 e. The third-order valence-corrected chi connectivity index (χ3v) is 4.46. The summed E-state index contributed by atoms with van der Waals surface area (Å²) < 4.78 is 24.4. The predicted molar refractivity (Wildman–Crippen MR) is 68.4 cm³/mol. The van der Waals surface area contributed by atoms with Gasteiger partial charge >= 0.3 is 0 Å². The summed E-state index contributed by atoms with van der Waals surface area (Å²) in [4.78, 5) is 11.9. The van der Waals surface area contributed by atoms with Crippen molar-refractivity contribution >= 4 is 25.6 Å². The average Bonchev–Trinajstić information content (AvgIpc) is 2.59. The van der Waals surface area contributed by atoms with Crippen LogP contribution in [0.1, 0.15) is 42.7 Å². The lowest BCUT2D eigenvalue weighted by atomic mass is 9.93. The van der Waals surface area contributed by atoms with Gasteiger partial charge in [-0.2, -0.15) is 0 Å². The molecule has 1 N–H and O–H groups in total. The third kappa shape index (κ3) is 2.54. The van der Waals surface area contributed by atoms with Gasteiger partial charge in [0.2, 0.25) is 0 Å². The maximum Gasteiger partial charge on any atom is 0.267 e. The van der Waals surface area contributed by atoms with Crippen molar-refractivity contribution in [2.45, 2.75) is 37.1 Å². The second-order valence-corrected chi connectivity index (χ2v) is 6.92. The molecule has 1 aromatic rings. The molecule has 1 amide bonds. The lowest BCUT2D eigenvalue weighted by molar-refractivity contribution is 0.0940. The minimum absolute atomic E-state index is 0.0164. The second-order valence-electron chi connectivity index (χ2n) is 4.35. The number of carbonyl (C=O) groups is 1. The summed E-state index contributed by atoms with van der Waals surface area (Å²) >= 11 is 0. The van der Waals surface area contributed by atoms with Crippen LogP contribution < -0.4 is 5.32 Å². The fraction of sp³-hybridized carbons (Fsp3) is 0.545. The Bertz CT molecular complexity index is 561. The van der Waals surface area contributed by atoms with Crippen LogP contribution in [-0.2, 0) is 9.05 Å². The number of carbonyl (C=O) groups excluding carboxylic acids is 1. The highest BCUT2D eigenvalue weighted by Gasteiger charge is 2.27. The Morgan fingerprint density at radius 1 is 1.56 bits per heavy atom. The molecule has 1 aromatic heterocycles. The van der Waals surface area contributed by atoms with Crippen molar-refractivity contribution < 1.29 is 13.2 Å². The highest BCUT2D eigenvalue weighted by molar-refractivity contribution is 8.13. The molecule has 0 spiro atoms. The fourth-order valence-electron chi connectivity index (χ4n) is 1.99. The quantitative estimate of drug-likeness (QED) is 0.861. The Kier molecular flexibility index (Phi) is 3.68. The standard InChI is InChI=1S/C11H15ClN2O3S/c1-2-13-11(15)10-6-9(18(12,16)17)7-14(10)8-4-3-5-8/h6-8H,2-5H2,1H3,(H,13,15). The van der Waals surface area contributed by atoms with Crippen LogP contribution in [-0.4, -0.2) is 25.4 Å². The molecule has 1 aliphatic rings. The highest BCUT2D eigenvalue weighted by Crippen LogP contribution is 2.34. The molecule has 1 aliphatic carbocycles. The third-order valence-electron chi connectivity index (χ3n) is 3.14. The molecular weight excluding hydrogens is 276 g/mol. The van der Waals surface area contributed by atoms with E-state index < -0.39 is 9.05 Å². The van der Waals surface area contributed by atoms with E-state index in [1.165, 1.54) is 12.3 Å². The zero-order chi connectivity index (χ0) is 13.3. The Balaban J connectivity index is 2.42. The first kappa shape index (κ1) is 13.4. The number of aromatic nitrogens is 1. The van der Waals surface area contributed by atoms with E-state index in [0.29, 0.717) is 12.2 Å². The summed E-state index contributed by atoms with van der Waals surface area (Å²) in [6.07, 6.45) is 4.48. The van der Waals surface area contributed by atoms with Gasteiger partial charge in [-0.05, 0) is 32.3 Å². The molecule has 100 valence electrons. The molecule has 0 unspecified atom stereocenters. The molecule has 7 heteroatoms. The van der Waals surface area contributed by atoms with Crippen LogP contribution in [0, 0.1) is 0 Å². The fourth-order valence-corrected chi connectivity index (χ4v) is 2.73. The largest absolute Gasteiger partial charge is 0.351 e. The first-order chi connectivity index (χ1) is 8.43. The van der Waals surface area contributed by atoms with Crippen molar-refractivity contribution in [2.24, 2.45) is 0 Å². The molecule has 18 heavy (non-hydrogen) atoms. The van der Waals surface area contributed by atoms with Gasteiger partial charge in [-0.3, -0.25) is 4.79 Å². The zero-order valence-corrected chi connectivity index (χ0v) is 11.6. The minimum atomic E-state index is -3.80. The van der Waals surface area contributed by atoms with Gasteiger partial charge in [0.1, 0.15) is 10.6 Å². The molecule has 1 fully saturated rings. The summed E-state index contributed by atoms with van der Waals surface area (Å²) in [5.74, 6) is -0.268. The van der Waals surface area contributed by atoms with Crippen LogP contribution in [0.15, 0.2) is 17.2 Å². The van der Waals surface area contributed by atoms with E-state index >= 15 is 0 Å². The second kappa shape index (κ2) is 4.93. The van der Waals surface area contributed by atoms with Gasteiger partial charge in [0.25, 0.3) is 15.0 Å². The molecule has 0 aliphatic heterocycles. The molecule has 0 aromatic carbocycles. The number of hydrogen-bond donors (Lipinski definition) is 1. The highest BCUT2D eigenvalue weighted by atomic mass is 35.7. The van der Waals surface area contributed by atoms with Crippen molar-refractivity contribution in [2.75, 3.05) is 6.54 Å². The number of hydrogen-bond acceptors (Lipinski definition) is 3. The van der Waals surface area contributed by atoms with Gasteiger partial charge in [-0.1, -0.05) is 0 Å². The van der Waals surface area contributed by atoms with Crippen LogP contribution in [0.2, 0.25) is 0 Å². The summed E-state index contributed by atoms with van der Waals surface area (Å²) in [5, 5.41) is 2.67. The van der Waals surface area contributed by atoms with Gasteiger partial charge in [0, 0.05) is 29.5 Å². The molecule has 0 radical (unpaired) electrons. The number of halogens is 1. The lowest BCUT2D eigenvalue weighted by Gasteiger charge is -2.28. The van der Waals surface area contributed by atoms with E-state index in [2.05, 4.69) is 5.32 Å². The van der Waals surface area contributed by atoms with Gasteiger partial charge in [0.15, 0.2) is 0 Å². The van der Waals surface area contributed by atoms with Crippen molar-refractivity contribution in [3.8, 4) is 0 Å². The van der Waals surface area contributed by atoms with Crippen LogP contribution in [0.5, 0.6) is 0 Å². The van der Waals surface area contributed by atoms with Gasteiger partial charge in [0.05, 0.1) is 0 Å². The van der Waals surface area contributed by atoms with Crippen LogP contribution >= 0.6 is 10.7 Å². The topological polar surface area (TPSA) is 68.2 Å². The van der Waals surface area contributed by atoms with Gasteiger partial charge in [-0.25, -0.2) is 8.42 Å². The van der Waals surface area contributed by atoms with Gasteiger partial charge in [-0.15, -0.1) is 0 Å². The Morgan fingerprint density at radius 3 is 2.67 bits per heavy atom. The van der Waals surface area contributed by atoms with E-state index in [0.717, 1.165) is 19.3 Å². The summed E-state index contributed by atoms with van der Waals surface area (Å²) in [5.41, 5.74) is 0.362. The Hall–Kier alpha value is -1.01. The molecule has 1 saturated carbocycles. The van der Waals surface area contributed by atoms with Crippen molar-refractivity contribution in [1.82, 2.24) is 9.88 Å². The number of nitrogens with one attached hydrogen (secondary N) is 1. The molecule has 5 nitrogen and oxygen atoms in total. The van der Waals surface area contributed by atoms with Crippen LogP contribution in [0.3, 0.4) is 0 Å². The maximum absolute atomic E-state index is 11.9. The normalized spacial score (nSPS) is 16.3. The van der Waals surface area contributed by atoms with Gasteiger partial charge < -0.3 is 9.88 Å². The number of amides is 1. The van der Waals surface area contributed by atoms with E-state index in [1.807, 2.05) is 6.92 Å². The van der Waals surface area contributed by atoms with Crippen molar-refractivity contribution in [3.63, 3.8) is 0 Å². The van der Waals surface area contributed by atoms with E-state index in [4.69, 9.17) is 10.7 Å². The zero-order valence-electron chi connectivity index (χ0n) is 10.0. The summed E-state index contributed by atoms with van der Waals surface area (Å²) in [6, 6.07) is 1.54. The summed E-state index contributed by atoms with van der Waals surface area (Å²) in [6.45, 7) is 2.31. The van der Waals surface area contributed by atoms with Crippen molar-refractivity contribution in [1.29, 1.82) is 0 Å². The molecule has 0 saturated heterocycles. The molecular formula is C11H15ClN2O3S. The lowest BCUT2D eigenvalue weighted by Crippen LogP contribution is -2.28. The Labute approximate surface area is 111 Å². The van der Waals surface area contributed by atoms with E-state index in [1.54, 1.807) is 4.57 Å². The SMILES string of the molecule is CCNC(=O)c1cc(S(=O)(=O)Cl)cn1C1CCC1. The van der Waals surface area contributed by atoms with E-state index in [-0.39, 0.29) is 16.8 Å². The van der Waals surface area contributed by atoms with Crippen molar-refractivity contribution in [3.05, 3.63) is 18.0 Å². The predicted octanol–water partition coefficient (Wildman–Crippen LogP) is 1.89. The number of nitrogens with zero attached hydrogens (tertiary/aromatic N) is 1. The summed E-state index contributed by atoms with van der Waals surface area (Å²) in [7, 11) is 1.52. The molecule has 0 bridgehead atoms. The Morgan fingerprint density at radius 2 is 2.22 bits per heavy atom. The van der Waals surface area contributed by atoms with Crippen LogP contribution in [0.4, 0.5) is 0 Å². The maximum atomic E-state index is 11.9. The first-order valence-electron chi connectivity index (χ1n) is 5.88. The molecule has 0 atom stereocenters. The molecule has 2 rings (SSSR count). The molecule has 1 heterocycles. The first-order valence-corrected chi connectivity index (χ1v) is 8.19. The average molecular weight is 291 g/mol.